The van der Waals surface area contributed by atoms with Gasteiger partial charge in [0.1, 0.15) is 0 Å². The van der Waals surface area contributed by atoms with Crippen molar-refractivity contribution in [2.45, 2.75) is 80.1 Å². The smallest absolute Gasteiger partial charge is 0.275 e. The van der Waals surface area contributed by atoms with Crippen LogP contribution in [0, 0.1) is 5.21 Å². The molecule has 0 aliphatic heterocycles. The largest absolute Gasteiger partial charge is 0.417 e. The van der Waals surface area contributed by atoms with Crippen molar-refractivity contribution in [2.24, 2.45) is 0 Å². The molecule has 1 rings (SSSR count). The van der Waals surface area contributed by atoms with Crippen molar-refractivity contribution >= 4 is 29.6 Å². The molecule has 0 bridgehead atoms. The molecule has 1 aliphatic carbocycles. The zero-order valence-electron chi connectivity index (χ0n) is 15.4. The zero-order valence-corrected chi connectivity index (χ0v) is 18.2. The van der Waals surface area contributed by atoms with E-state index in [0.29, 0.717) is 0 Å². The third kappa shape index (κ3) is 31.6. The molecule has 0 aromatic carbocycles. The molecule has 0 saturated carbocycles. The van der Waals surface area contributed by atoms with Crippen LogP contribution in [0.5, 0.6) is 0 Å². The minimum absolute atomic E-state index is 0. The summed E-state index contributed by atoms with van der Waals surface area (Å²) in [5, 5.41) is 18.4. The maximum atomic E-state index is 10.1. The van der Waals surface area contributed by atoms with E-state index in [1.165, 1.54) is 50.7 Å². The van der Waals surface area contributed by atoms with Gasteiger partial charge in [-0.15, -0.1) is 5.73 Å². The summed E-state index contributed by atoms with van der Waals surface area (Å²) in [5.74, 6) is 0. The van der Waals surface area contributed by atoms with E-state index in [2.05, 4.69) is 47.3 Å². The van der Waals surface area contributed by atoms with Gasteiger partial charge in [0.25, 0.3) is 5.71 Å². The molecule has 128 valence electrons. The van der Waals surface area contributed by atoms with E-state index in [-0.39, 0.29) is 34.5 Å². The summed E-state index contributed by atoms with van der Waals surface area (Å²) in [7, 11) is 0. The van der Waals surface area contributed by atoms with E-state index in [1.54, 1.807) is 12.2 Å². The summed E-state index contributed by atoms with van der Waals surface area (Å²) in [5.41, 5.74) is 2.83. The van der Waals surface area contributed by atoms with Gasteiger partial charge in [0, 0.05) is 34.9 Å². The minimum atomic E-state index is -0.198. The topological polar surface area (TPSA) is 46.3 Å². The first-order valence-electron chi connectivity index (χ1n) is 8.17. The summed E-state index contributed by atoms with van der Waals surface area (Å²) in [4.78, 5) is -0.198. The Labute approximate surface area is 155 Å². The van der Waals surface area contributed by atoms with Crippen molar-refractivity contribution in [2.75, 3.05) is 0 Å². The fraction of sp³-hybridized carbons (Fsp3) is 0.667. The Balaban J connectivity index is -0.000000107. The van der Waals surface area contributed by atoms with Crippen LogP contribution in [0.25, 0.3) is 0 Å². The quantitative estimate of drug-likeness (QED) is 0.213. The van der Waals surface area contributed by atoms with Gasteiger partial charge >= 0.3 is 0 Å². The molecule has 0 saturated heterocycles. The van der Waals surface area contributed by atoms with Crippen LogP contribution in [0.4, 0.5) is 0 Å². The third-order valence-electron chi connectivity index (χ3n) is 2.41. The maximum Gasteiger partial charge on any atom is 0.275 e. The van der Waals surface area contributed by atoms with Gasteiger partial charge in [-0.1, -0.05) is 80.1 Å². The molecule has 0 atom stereocenters. The Morgan fingerprint density at radius 3 is 1.41 bits per heavy atom. The SMILES string of the molecule is CCCC.CCCC.CCCC.[O-]/[N+](O)=C1/C=C=CC=C1.[Sn]. The van der Waals surface area contributed by atoms with Gasteiger partial charge in [0.2, 0.25) is 0 Å². The predicted molar refractivity (Wildman–Crippen MR) is 99.7 cm³/mol. The summed E-state index contributed by atoms with van der Waals surface area (Å²) in [6.45, 7) is 13.1. The van der Waals surface area contributed by atoms with Crippen molar-refractivity contribution < 1.29 is 10.1 Å². The fourth-order valence-corrected chi connectivity index (χ4v) is 0.503. The van der Waals surface area contributed by atoms with Crippen LogP contribution >= 0.6 is 0 Å². The molecular weight excluding hydrogens is 381 g/mol. The second-order valence-electron chi connectivity index (χ2n) is 4.53. The fourth-order valence-electron chi connectivity index (χ4n) is 0.503. The molecule has 4 radical (unpaired) electrons. The van der Waals surface area contributed by atoms with Crippen LogP contribution in [-0.4, -0.2) is 39.7 Å². The van der Waals surface area contributed by atoms with Crippen LogP contribution in [0.2, 0.25) is 0 Å². The summed E-state index contributed by atoms with van der Waals surface area (Å²) in [6.07, 6.45) is 14.1. The van der Waals surface area contributed by atoms with Crippen molar-refractivity contribution in [3.63, 3.8) is 0 Å². The third-order valence-corrected chi connectivity index (χ3v) is 2.41. The minimum Gasteiger partial charge on any atom is -0.417 e. The molecule has 0 spiro atoms. The summed E-state index contributed by atoms with van der Waals surface area (Å²) in [6, 6.07) is 0. The van der Waals surface area contributed by atoms with Crippen LogP contribution in [-0.2, 0) is 0 Å². The van der Waals surface area contributed by atoms with Gasteiger partial charge in [-0.25, -0.2) is 0 Å². The second kappa shape index (κ2) is 28.5. The first kappa shape index (κ1) is 29.4. The van der Waals surface area contributed by atoms with Crippen molar-refractivity contribution in [1.29, 1.82) is 0 Å². The Kier molecular flexibility index (Phi) is 38.0. The van der Waals surface area contributed by atoms with Gasteiger partial charge in [0.15, 0.2) is 0 Å². The van der Waals surface area contributed by atoms with E-state index in [4.69, 9.17) is 5.21 Å². The first-order chi connectivity index (χ1) is 10.0. The first-order valence-corrected chi connectivity index (χ1v) is 8.17. The summed E-state index contributed by atoms with van der Waals surface area (Å²) < 4.78 is 0. The van der Waals surface area contributed by atoms with E-state index < -0.39 is 0 Å². The molecule has 0 amide bonds. The molecule has 1 aliphatic rings. The van der Waals surface area contributed by atoms with E-state index in [1.807, 2.05) is 0 Å². The second-order valence-corrected chi connectivity index (χ2v) is 4.53. The monoisotopic (exact) mass is 417 g/mol. The van der Waals surface area contributed by atoms with Crippen LogP contribution < -0.4 is 0 Å². The number of nitrogens with zero attached hydrogens (tertiary/aromatic N) is 1. The van der Waals surface area contributed by atoms with Gasteiger partial charge in [-0.05, 0) is 12.2 Å². The molecule has 0 fully saturated rings. The van der Waals surface area contributed by atoms with E-state index in [0.717, 1.165) is 0 Å². The zero-order chi connectivity index (χ0) is 16.9. The van der Waals surface area contributed by atoms with Crippen LogP contribution in [0.3, 0.4) is 0 Å². The van der Waals surface area contributed by atoms with Crippen molar-refractivity contribution in [3.05, 3.63) is 35.2 Å². The molecule has 1 N–H and O–H groups in total. The molecule has 22 heavy (non-hydrogen) atoms. The number of rotatable bonds is 3. The average Bonchev–Trinajstić information content (AvgIpc) is 2.56. The molecule has 0 heterocycles. The summed E-state index contributed by atoms with van der Waals surface area (Å²) >= 11 is 0. The normalized spacial score (nSPS) is 12.5. The molecule has 0 unspecified atom stereocenters. The Hall–Kier alpha value is -0.671. The van der Waals surface area contributed by atoms with Crippen LogP contribution in [0.1, 0.15) is 80.1 Å². The maximum absolute atomic E-state index is 10.1. The average molecular weight is 416 g/mol. The van der Waals surface area contributed by atoms with Gasteiger partial charge in [0.05, 0.1) is 6.08 Å². The van der Waals surface area contributed by atoms with Gasteiger partial charge < -0.3 is 5.21 Å². The standard InChI is InChI=1S/C6H5NO2.3C4H10.Sn/c8-7(9)6-4-2-1-3-5-6;3*1-3-4-2;/h1-2,4-5H,(H,8,9);3*3-4H2,1-2H3;. The molecular formula is C18H35NO2Sn. The van der Waals surface area contributed by atoms with Gasteiger partial charge in [-0.3, -0.25) is 5.21 Å². The molecule has 3 nitrogen and oxygen atoms in total. The number of allylic oxidation sites excluding steroid dienone is 3. The Morgan fingerprint density at radius 2 is 1.27 bits per heavy atom. The van der Waals surface area contributed by atoms with Crippen molar-refractivity contribution in [3.8, 4) is 0 Å². The molecule has 4 heteroatoms. The van der Waals surface area contributed by atoms with Gasteiger partial charge in [-0.2, -0.15) is 0 Å². The predicted octanol–water partition coefficient (Wildman–Crippen LogP) is 5.65. The number of hydrogen-bond acceptors (Lipinski definition) is 2. The molecule has 0 aromatic rings. The Bertz CT molecular complexity index is 298. The van der Waals surface area contributed by atoms with E-state index in [9.17, 15) is 5.21 Å². The number of unbranched alkanes of at least 4 members (excludes halogenated alkanes) is 3. The number of hydrogen-bond donors (Lipinski definition) is 1. The van der Waals surface area contributed by atoms with E-state index >= 15 is 0 Å². The molecule has 0 aromatic heterocycles. The Morgan fingerprint density at radius 1 is 0.909 bits per heavy atom. The van der Waals surface area contributed by atoms with Crippen LogP contribution in [0.15, 0.2) is 30.0 Å². The van der Waals surface area contributed by atoms with Crippen molar-refractivity contribution in [1.82, 2.24) is 0 Å².